The van der Waals surface area contributed by atoms with Crippen molar-refractivity contribution < 1.29 is 4.79 Å². The highest BCUT2D eigenvalue weighted by atomic mass is 79.9. The number of hydrogen-bond acceptors (Lipinski definition) is 3. The smallest absolute Gasteiger partial charge is 0.261 e. The standard InChI is InChI=1S/C15H16BrN3O2/c16-10-5-6-13-12(7-10)15(21)19(9-17-13)8-14(20)18-11-3-1-2-4-11/h5-7,9,11H,1-4,8H2,(H,18,20). The van der Waals surface area contributed by atoms with Gasteiger partial charge in [0.1, 0.15) is 6.54 Å². The molecule has 1 aliphatic carbocycles. The molecular formula is C15H16BrN3O2. The van der Waals surface area contributed by atoms with Gasteiger partial charge < -0.3 is 5.32 Å². The van der Waals surface area contributed by atoms with Crippen LogP contribution in [0.2, 0.25) is 0 Å². The fraction of sp³-hybridized carbons (Fsp3) is 0.400. The van der Waals surface area contributed by atoms with Gasteiger partial charge in [0.25, 0.3) is 5.56 Å². The number of amides is 1. The molecule has 0 atom stereocenters. The lowest BCUT2D eigenvalue weighted by Gasteiger charge is -2.12. The second-order valence-electron chi connectivity index (χ2n) is 5.39. The number of aromatic nitrogens is 2. The van der Waals surface area contributed by atoms with Crippen LogP contribution in [0.5, 0.6) is 0 Å². The molecule has 21 heavy (non-hydrogen) atoms. The average molecular weight is 350 g/mol. The highest BCUT2D eigenvalue weighted by Crippen LogP contribution is 2.17. The number of hydrogen-bond donors (Lipinski definition) is 1. The van der Waals surface area contributed by atoms with Crippen LogP contribution in [-0.4, -0.2) is 21.5 Å². The Hall–Kier alpha value is -1.69. The molecule has 3 rings (SSSR count). The van der Waals surface area contributed by atoms with Gasteiger partial charge in [-0.25, -0.2) is 4.98 Å². The Balaban J connectivity index is 1.81. The van der Waals surface area contributed by atoms with Gasteiger partial charge in [0, 0.05) is 10.5 Å². The molecule has 110 valence electrons. The minimum Gasteiger partial charge on any atom is -0.352 e. The highest BCUT2D eigenvalue weighted by Gasteiger charge is 2.17. The zero-order chi connectivity index (χ0) is 14.8. The third-order valence-corrected chi connectivity index (χ3v) is 4.31. The van der Waals surface area contributed by atoms with Crippen LogP contribution in [0.15, 0.2) is 33.8 Å². The topological polar surface area (TPSA) is 64.0 Å². The Morgan fingerprint density at radius 3 is 2.90 bits per heavy atom. The van der Waals surface area contributed by atoms with E-state index in [0.717, 1.165) is 30.2 Å². The van der Waals surface area contributed by atoms with Crippen LogP contribution < -0.4 is 10.9 Å². The molecule has 1 heterocycles. The van der Waals surface area contributed by atoms with Crippen LogP contribution in [0.1, 0.15) is 25.7 Å². The Kier molecular flexibility index (Phi) is 4.05. The predicted octanol–water partition coefficient (Wildman–Crippen LogP) is 2.22. The second kappa shape index (κ2) is 5.97. The lowest BCUT2D eigenvalue weighted by Crippen LogP contribution is -2.37. The molecule has 0 radical (unpaired) electrons. The summed E-state index contributed by atoms with van der Waals surface area (Å²) in [5.41, 5.74) is 0.443. The molecule has 0 spiro atoms. The molecule has 6 heteroatoms. The van der Waals surface area contributed by atoms with E-state index in [-0.39, 0.29) is 24.1 Å². The van der Waals surface area contributed by atoms with Crippen molar-refractivity contribution in [3.8, 4) is 0 Å². The molecule has 0 saturated heterocycles. The van der Waals surface area contributed by atoms with Crippen molar-refractivity contribution in [2.24, 2.45) is 0 Å². The highest BCUT2D eigenvalue weighted by molar-refractivity contribution is 9.10. The summed E-state index contributed by atoms with van der Waals surface area (Å²) in [5, 5.41) is 3.49. The molecule has 1 fully saturated rings. The second-order valence-corrected chi connectivity index (χ2v) is 6.30. The maximum absolute atomic E-state index is 12.4. The first-order chi connectivity index (χ1) is 10.1. The van der Waals surface area contributed by atoms with Gasteiger partial charge >= 0.3 is 0 Å². The number of carbonyl (C=O) groups is 1. The normalized spacial score (nSPS) is 15.5. The molecule has 0 bridgehead atoms. The quantitative estimate of drug-likeness (QED) is 0.923. The van der Waals surface area contributed by atoms with Crippen LogP contribution in [0, 0.1) is 0 Å². The van der Waals surface area contributed by atoms with Gasteiger partial charge in [-0.05, 0) is 31.0 Å². The summed E-state index contributed by atoms with van der Waals surface area (Å²) >= 11 is 3.35. The number of fused-ring (bicyclic) bond motifs is 1. The average Bonchev–Trinajstić information content (AvgIpc) is 2.95. The Bertz CT molecular complexity index is 735. The molecule has 1 amide bonds. The van der Waals surface area contributed by atoms with Crippen LogP contribution in [-0.2, 0) is 11.3 Å². The van der Waals surface area contributed by atoms with Crippen LogP contribution in [0.25, 0.3) is 10.9 Å². The molecule has 1 aliphatic rings. The van der Waals surface area contributed by atoms with E-state index in [4.69, 9.17) is 0 Å². The fourth-order valence-electron chi connectivity index (χ4n) is 2.74. The summed E-state index contributed by atoms with van der Waals surface area (Å²) in [4.78, 5) is 28.6. The molecule has 0 aliphatic heterocycles. The third kappa shape index (κ3) is 3.15. The van der Waals surface area contributed by atoms with E-state index < -0.39 is 0 Å². The summed E-state index contributed by atoms with van der Waals surface area (Å²) in [5.74, 6) is -0.125. The van der Waals surface area contributed by atoms with Crippen molar-refractivity contribution in [2.75, 3.05) is 0 Å². The number of nitrogens with one attached hydrogen (secondary N) is 1. The zero-order valence-corrected chi connectivity index (χ0v) is 13.1. The lowest BCUT2D eigenvalue weighted by molar-refractivity contribution is -0.122. The minimum absolute atomic E-state index is 0.0186. The van der Waals surface area contributed by atoms with Crippen molar-refractivity contribution in [3.63, 3.8) is 0 Å². The van der Waals surface area contributed by atoms with Crippen molar-refractivity contribution in [2.45, 2.75) is 38.3 Å². The van der Waals surface area contributed by atoms with Crippen molar-refractivity contribution in [3.05, 3.63) is 39.4 Å². The number of halogens is 1. The minimum atomic E-state index is -0.192. The van der Waals surface area contributed by atoms with Gasteiger partial charge in [-0.15, -0.1) is 0 Å². The van der Waals surface area contributed by atoms with E-state index in [1.54, 1.807) is 12.1 Å². The fourth-order valence-corrected chi connectivity index (χ4v) is 3.10. The summed E-state index contributed by atoms with van der Waals surface area (Å²) < 4.78 is 2.18. The summed E-state index contributed by atoms with van der Waals surface area (Å²) in [6.07, 6.45) is 5.83. The number of rotatable bonds is 3. The molecule has 0 unspecified atom stereocenters. The van der Waals surface area contributed by atoms with Gasteiger partial charge in [0.2, 0.25) is 5.91 Å². The van der Waals surface area contributed by atoms with Gasteiger partial charge in [0.05, 0.1) is 17.2 Å². The summed E-state index contributed by atoms with van der Waals surface area (Å²) in [6, 6.07) is 5.61. The van der Waals surface area contributed by atoms with E-state index in [1.165, 1.54) is 10.9 Å². The van der Waals surface area contributed by atoms with Gasteiger partial charge in [-0.3, -0.25) is 14.2 Å². The van der Waals surface area contributed by atoms with E-state index in [1.807, 2.05) is 6.07 Å². The maximum atomic E-state index is 12.4. The molecule has 2 aromatic rings. The molecule has 1 N–H and O–H groups in total. The van der Waals surface area contributed by atoms with Gasteiger partial charge in [0.15, 0.2) is 0 Å². The molecule has 1 saturated carbocycles. The summed E-state index contributed by atoms with van der Waals surface area (Å²) in [6.45, 7) is 0.0186. The molecule has 1 aromatic heterocycles. The van der Waals surface area contributed by atoms with Crippen molar-refractivity contribution in [1.29, 1.82) is 0 Å². The number of carbonyl (C=O) groups excluding carboxylic acids is 1. The molecule has 5 nitrogen and oxygen atoms in total. The predicted molar refractivity (Wildman–Crippen MR) is 84.1 cm³/mol. The zero-order valence-electron chi connectivity index (χ0n) is 11.5. The SMILES string of the molecule is O=C(Cn1cnc2ccc(Br)cc2c1=O)NC1CCCC1. The lowest BCUT2D eigenvalue weighted by atomic mass is 10.2. The monoisotopic (exact) mass is 349 g/mol. The Labute approximate surface area is 130 Å². The molecular weight excluding hydrogens is 334 g/mol. The first kappa shape index (κ1) is 14.3. The summed E-state index contributed by atoms with van der Waals surface area (Å²) in [7, 11) is 0. The van der Waals surface area contributed by atoms with Crippen molar-refractivity contribution >= 4 is 32.7 Å². The van der Waals surface area contributed by atoms with Crippen LogP contribution >= 0.6 is 15.9 Å². The first-order valence-corrected chi connectivity index (χ1v) is 7.87. The largest absolute Gasteiger partial charge is 0.352 e. The first-order valence-electron chi connectivity index (χ1n) is 7.07. The van der Waals surface area contributed by atoms with E-state index in [0.29, 0.717) is 10.9 Å². The number of benzene rings is 1. The third-order valence-electron chi connectivity index (χ3n) is 3.82. The van der Waals surface area contributed by atoms with E-state index >= 15 is 0 Å². The van der Waals surface area contributed by atoms with E-state index in [2.05, 4.69) is 26.2 Å². The van der Waals surface area contributed by atoms with E-state index in [9.17, 15) is 9.59 Å². The van der Waals surface area contributed by atoms with Crippen LogP contribution in [0.4, 0.5) is 0 Å². The van der Waals surface area contributed by atoms with Crippen molar-refractivity contribution in [1.82, 2.24) is 14.9 Å². The van der Waals surface area contributed by atoms with Gasteiger partial charge in [-0.2, -0.15) is 0 Å². The Morgan fingerprint density at radius 1 is 1.38 bits per heavy atom. The maximum Gasteiger partial charge on any atom is 0.261 e. The van der Waals surface area contributed by atoms with Crippen LogP contribution in [0.3, 0.4) is 0 Å². The van der Waals surface area contributed by atoms with Gasteiger partial charge in [-0.1, -0.05) is 28.8 Å². The number of nitrogens with zero attached hydrogens (tertiary/aromatic N) is 2. The Morgan fingerprint density at radius 2 is 2.14 bits per heavy atom. The molecule has 1 aromatic carbocycles.